The standard InChI is InChI=1S/C37H41N3O2/c1-30(32-16-8-3-9-17-32)40(36(42)23-22-31-14-6-2-7-15-31)25-24-35(41)38-26-28-39(29-27-38)37(33-18-10-4-11-19-33)34-20-12-5-13-21-34/h2-21,30,37H,22-29H2,1H3. The lowest BCUT2D eigenvalue weighted by Crippen LogP contribution is -2.50. The molecule has 0 aromatic heterocycles. The molecule has 42 heavy (non-hydrogen) atoms. The molecule has 0 spiro atoms. The van der Waals surface area contributed by atoms with Gasteiger partial charge in [0.05, 0.1) is 12.1 Å². The van der Waals surface area contributed by atoms with E-state index in [9.17, 15) is 9.59 Å². The zero-order valence-corrected chi connectivity index (χ0v) is 24.5. The SMILES string of the molecule is CC(c1ccccc1)N(CCC(=O)N1CCN(C(c2ccccc2)c2ccccc2)CC1)C(=O)CCc1ccccc1. The fourth-order valence-corrected chi connectivity index (χ4v) is 5.97. The van der Waals surface area contributed by atoms with E-state index in [2.05, 4.69) is 96.8 Å². The molecule has 0 bridgehead atoms. The molecule has 1 fully saturated rings. The summed E-state index contributed by atoms with van der Waals surface area (Å²) in [5.74, 6) is 0.202. The van der Waals surface area contributed by atoms with Crippen molar-refractivity contribution in [2.24, 2.45) is 0 Å². The van der Waals surface area contributed by atoms with Gasteiger partial charge in [-0.05, 0) is 35.6 Å². The van der Waals surface area contributed by atoms with E-state index in [0.717, 1.165) is 24.2 Å². The maximum Gasteiger partial charge on any atom is 0.224 e. The highest BCUT2D eigenvalue weighted by molar-refractivity contribution is 5.79. The van der Waals surface area contributed by atoms with E-state index in [1.54, 1.807) is 0 Å². The Labute approximate surface area is 250 Å². The number of hydrogen-bond acceptors (Lipinski definition) is 3. The van der Waals surface area contributed by atoms with Gasteiger partial charge in [0.15, 0.2) is 0 Å². The molecule has 0 N–H and O–H groups in total. The first-order valence-corrected chi connectivity index (χ1v) is 15.1. The van der Waals surface area contributed by atoms with Gasteiger partial charge in [0.2, 0.25) is 11.8 Å². The quantitative estimate of drug-likeness (QED) is 0.210. The number of carbonyl (C=O) groups is 2. The Morgan fingerprint density at radius 3 is 1.64 bits per heavy atom. The van der Waals surface area contributed by atoms with Crippen LogP contribution in [-0.4, -0.2) is 59.2 Å². The maximum atomic E-state index is 13.5. The number of carbonyl (C=O) groups excluding carboxylic acids is 2. The van der Waals surface area contributed by atoms with E-state index >= 15 is 0 Å². The van der Waals surface area contributed by atoms with E-state index < -0.39 is 0 Å². The molecule has 0 radical (unpaired) electrons. The molecule has 1 unspecified atom stereocenters. The van der Waals surface area contributed by atoms with Gasteiger partial charge in [0.1, 0.15) is 0 Å². The Morgan fingerprint density at radius 1 is 0.643 bits per heavy atom. The van der Waals surface area contributed by atoms with Gasteiger partial charge in [-0.2, -0.15) is 0 Å². The molecule has 1 aliphatic heterocycles. The van der Waals surface area contributed by atoms with Crippen molar-refractivity contribution < 1.29 is 9.59 Å². The third-order valence-electron chi connectivity index (χ3n) is 8.37. The summed E-state index contributed by atoms with van der Waals surface area (Å²) in [6.45, 7) is 5.46. The molecule has 5 rings (SSSR count). The second-order valence-electron chi connectivity index (χ2n) is 11.1. The van der Waals surface area contributed by atoms with Crippen LogP contribution < -0.4 is 0 Å². The van der Waals surface area contributed by atoms with Crippen molar-refractivity contribution in [2.45, 2.75) is 38.3 Å². The minimum absolute atomic E-state index is 0.0846. The fraction of sp³-hybridized carbons (Fsp3) is 0.297. The van der Waals surface area contributed by atoms with E-state index in [1.165, 1.54) is 11.1 Å². The van der Waals surface area contributed by atoms with Gasteiger partial charge in [-0.15, -0.1) is 0 Å². The van der Waals surface area contributed by atoms with Crippen LogP contribution >= 0.6 is 0 Å². The molecule has 216 valence electrons. The lowest BCUT2D eigenvalue weighted by atomic mass is 9.96. The molecule has 1 atom stereocenters. The summed E-state index contributed by atoms with van der Waals surface area (Å²) < 4.78 is 0. The fourth-order valence-electron chi connectivity index (χ4n) is 5.97. The molecular formula is C37H41N3O2. The van der Waals surface area contributed by atoms with Crippen LogP contribution in [0.4, 0.5) is 0 Å². The van der Waals surface area contributed by atoms with Crippen molar-refractivity contribution in [1.29, 1.82) is 0 Å². The average Bonchev–Trinajstić information content (AvgIpc) is 3.06. The molecular weight excluding hydrogens is 518 g/mol. The smallest absolute Gasteiger partial charge is 0.224 e. The van der Waals surface area contributed by atoms with Crippen LogP contribution in [-0.2, 0) is 16.0 Å². The highest BCUT2D eigenvalue weighted by Crippen LogP contribution is 2.29. The molecule has 0 aliphatic carbocycles. The van der Waals surface area contributed by atoms with Crippen molar-refractivity contribution in [1.82, 2.24) is 14.7 Å². The van der Waals surface area contributed by atoms with Gasteiger partial charge in [0.25, 0.3) is 0 Å². The van der Waals surface area contributed by atoms with Gasteiger partial charge in [-0.25, -0.2) is 0 Å². The van der Waals surface area contributed by atoms with Crippen molar-refractivity contribution in [3.63, 3.8) is 0 Å². The van der Waals surface area contributed by atoms with E-state index in [0.29, 0.717) is 38.9 Å². The van der Waals surface area contributed by atoms with Gasteiger partial charge in [-0.1, -0.05) is 121 Å². The largest absolute Gasteiger partial charge is 0.340 e. The van der Waals surface area contributed by atoms with Crippen molar-refractivity contribution in [2.75, 3.05) is 32.7 Å². The minimum Gasteiger partial charge on any atom is -0.340 e. The van der Waals surface area contributed by atoms with Gasteiger partial charge < -0.3 is 9.80 Å². The summed E-state index contributed by atoms with van der Waals surface area (Å²) in [6.07, 6.45) is 1.45. The number of nitrogens with zero attached hydrogens (tertiary/aromatic N) is 3. The number of piperazine rings is 1. The number of benzene rings is 4. The summed E-state index contributed by atoms with van der Waals surface area (Å²) in [5.41, 5.74) is 4.77. The summed E-state index contributed by atoms with van der Waals surface area (Å²) in [6, 6.07) is 41.5. The number of rotatable bonds is 11. The molecule has 1 aliphatic rings. The zero-order valence-electron chi connectivity index (χ0n) is 24.5. The Balaban J connectivity index is 1.21. The molecule has 4 aromatic rings. The molecule has 5 nitrogen and oxygen atoms in total. The van der Waals surface area contributed by atoms with Crippen LogP contribution in [0.1, 0.15) is 54.1 Å². The van der Waals surface area contributed by atoms with Crippen molar-refractivity contribution in [3.05, 3.63) is 144 Å². The summed E-state index contributed by atoms with van der Waals surface area (Å²) in [7, 11) is 0. The van der Waals surface area contributed by atoms with Gasteiger partial charge in [0, 0.05) is 45.6 Å². The predicted octanol–water partition coefficient (Wildman–Crippen LogP) is 6.53. The second-order valence-corrected chi connectivity index (χ2v) is 11.1. The number of hydrogen-bond donors (Lipinski definition) is 0. The second kappa shape index (κ2) is 14.6. The predicted molar refractivity (Wildman–Crippen MR) is 169 cm³/mol. The monoisotopic (exact) mass is 559 g/mol. The van der Waals surface area contributed by atoms with Crippen LogP contribution in [0, 0.1) is 0 Å². The third-order valence-corrected chi connectivity index (χ3v) is 8.37. The lowest BCUT2D eigenvalue weighted by molar-refractivity contribution is -0.137. The Hall–Kier alpha value is -4.22. The average molecular weight is 560 g/mol. The Kier molecular flexibility index (Phi) is 10.2. The third kappa shape index (κ3) is 7.54. The molecule has 2 amide bonds. The topological polar surface area (TPSA) is 43.9 Å². The van der Waals surface area contributed by atoms with Crippen molar-refractivity contribution >= 4 is 11.8 Å². The van der Waals surface area contributed by atoms with Crippen LogP contribution in [0.25, 0.3) is 0 Å². The van der Waals surface area contributed by atoms with Crippen LogP contribution in [0.15, 0.2) is 121 Å². The summed E-state index contributed by atoms with van der Waals surface area (Å²) >= 11 is 0. The van der Waals surface area contributed by atoms with E-state index in [4.69, 9.17) is 0 Å². The van der Waals surface area contributed by atoms with Gasteiger partial charge >= 0.3 is 0 Å². The molecule has 0 saturated carbocycles. The molecule has 1 heterocycles. The lowest BCUT2D eigenvalue weighted by Gasteiger charge is -2.40. The molecule has 1 saturated heterocycles. The highest BCUT2D eigenvalue weighted by Gasteiger charge is 2.29. The molecule has 5 heteroatoms. The normalized spacial score (nSPS) is 14.5. The van der Waals surface area contributed by atoms with Gasteiger partial charge in [-0.3, -0.25) is 14.5 Å². The minimum atomic E-state index is -0.100. The summed E-state index contributed by atoms with van der Waals surface area (Å²) in [5, 5.41) is 0. The van der Waals surface area contributed by atoms with E-state index in [1.807, 2.05) is 46.2 Å². The van der Waals surface area contributed by atoms with Crippen molar-refractivity contribution in [3.8, 4) is 0 Å². The maximum absolute atomic E-state index is 13.5. The Morgan fingerprint density at radius 2 is 1.12 bits per heavy atom. The first-order chi connectivity index (χ1) is 20.6. The molecule has 4 aromatic carbocycles. The zero-order chi connectivity index (χ0) is 29.1. The van der Waals surface area contributed by atoms with Crippen LogP contribution in [0.2, 0.25) is 0 Å². The first-order valence-electron chi connectivity index (χ1n) is 15.1. The first kappa shape index (κ1) is 29.3. The van der Waals surface area contributed by atoms with Crippen LogP contribution in [0.3, 0.4) is 0 Å². The van der Waals surface area contributed by atoms with Crippen LogP contribution in [0.5, 0.6) is 0 Å². The summed E-state index contributed by atoms with van der Waals surface area (Å²) in [4.78, 5) is 33.3. The highest BCUT2D eigenvalue weighted by atomic mass is 16.2. The number of amides is 2. The Bertz CT molecular complexity index is 1350. The number of aryl methyl sites for hydroxylation is 1. The van der Waals surface area contributed by atoms with E-state index in [-0.39, 0.29) is 23.9 Å².